The van der Waals surface area contributed by atoms with Crippen molar-refractivity contribution in [1.29, 1.82) is 0 Å². The molecule has 0 aliphatic carbocycles. The average Bonchev–Trinajstić information content (AvgIpc) is 3.81. The quantitative estimate of drug-likeness (QED) is 0.0696. The highest BCUT2D eigenvalue weighted by atomic mass is 35.5. The summed E-state index contributed by atoms with van der Waals surface area (Å²) in [6, 6.07) is 23.6. The van der Waals surface area contributed by atoms with Gasteiger partial charge >= 0.3 is 5.97 Å². The molecular weight excluding hydrogens is 862 g/mol. The van der Waals surface area contributed by atoms with Gasteiger partial charge in [-0.2, -0.15) is 0 Å². The molecule has 3 aromatic heterocycles. The summed E-state index contributed by atoms with van der Waals surface area (Å²) in [5.41, 5.74) is 11.3. The maximum atomic E-state index is 15.6. The van der Waals surface area contributed by atoms with Gasteiger partial charge in [0.15, 0.2) is 5.82 Å². The number of hydrogen-bond acceptors (Lipinski definition) is 8. The van der Waals surface area contributed by atoms with Crippen molar-refractivity contribution in [3.63, 3.8) is 0 Å². The Kier molecular flexibility index (Phi) is 13.7. The molecule has 11 nitrogen and oxygen atoms in total. The van der Waals surface area contributed by atoms with Gasteiger partial charge in [0.25, 0.3) is 5.91 Å². The van der Waals surface area contributed by atoms with Crippen LogP contribution >= 0.6 is 23.2 Å². The van der Waals surface area contributed by atoms with Crippen LogP contribution in [0.15, 0.2) is 72.8 Å². The predicted molar refractivity (Wildman–Crippen MR) is 258 cm³/mol. The minimum Gasteiger partial charge on any atom is -0.494 e. The van der Waals surface area contributed by atoms with E-state index in [2.05, 4.69) is 11.5 Å². The number of carbonyl (C=O) groups is 2. The minimum atomic E-state index is -0.429. The summed E-state index contributed by atoms with van der Waals surface area (Å²) >= 11 is 13.8. The van der Waals surface area contributed by atoms with E-state index < -0.39 is 5.97 Å². The molecule has 0 bridgehead atoms. The third-order valence-corrected chi connectivity index (χ3v) is 13.0. The van der Waals surface area contributed by atoms with Crippen molar-refractivity contribution in [2.75, 3.05) is 38.4 Å². The van der Waals surface area contributed by atoms with E-state index in [0.29, 0.717) is 73.7 Å². The summed E-state index contributed by atoms with van der Waals surface area (Å²) in [6.45, 7) is 16.3. The number of amides is 1. The number of fused-ring (bicyclic) bond motifs is 4. The van der Waals surface area contributed by atoms with Crippen LogP contribution in [0.2, 0.25) is 10.0 Å². The van der Waals surface area contributed by atoms with Crippen molar-refractivity contribution in [2.24, 2.45) is 0 Å². The maximum Gasteiger partial charge on any atom is 0.354 e. The lowest BCUT2D eigenvalue weighted by molar-refractivity contribution is 0.0512. The fourth-order valence-electron chi connectivity index (χ4n) is 9.38. The third-order valence-electron chi connectivity index (χ3n) is 12.1. The normalized spacial score (nSPS) is 13.8. The molecule has 13 heteroatoms. The van der Waals surface area contributed by atoms with Crippen LogP contribution in [0.3, 0.4) is 0 Å². The molecule has 1 atom stereocenters. The molecule has 0 saturated heterocycles. The van der Waals surface area contributed by atoms with Gasteiger partial charge < -0.3 is 33.0 Å². The number of aromatic nitrogens is 4. The Morgan fingerprint density at radius 2 is 1.58 bits per heavy atom. The molecule has 4 aromatic carbocycles. The largest absolute Gasteiger partial charge is 0.494 e. The number of aryl methyl sites for hydroxylation is 6. The highest BCUT2D eigenvalue weighted by Gasteiger charge is 2.38. The molecule has 65 heavy (non-hydrogen) atoms. The predicted octanol–water partition coefficient (Wildman–Crippen LogP) is 11.7. The Morgan fingerprint density at radius 1 is 0.862 bits per heavy atom. The van der Waals surface area contributed by atoms with E-state index in [9.17, 15) is 4.79 Å². The van der Waals surface area contributed by atoms with E-state index >= 15 is 4.79 Å². The number of ether oxygens (including phenoxy) is 4. The molecule has 0 radical (unpaired) electrons. The summed E-state index contributed by atoms with van der Waals surface area (Å²) in [6.07, 6.45) is 1.17. The smallest absolute Gasteiger partial charge is 0.354 e. The SMILES string of the molecule is CCOC(=O)c1cc2cc(C)cc(N3C[C@@H](C)n4c(c(CCCOc5cc(C)c(Cl)c(C)c5)c5ccc(Cl)c(-c6c(C)nc(COCc7ccccc7)nc6C)c54)C3=O)c2n1CCOC. The van der Waals surface area contributed by atoms with Crippen molar-refractivity contribution < 1.29 is 28.5 Å². The molecule has 1 aliphatic heterocycles. The van der Waals surface area contributed by atoms with Crippen LogP contribution in [0.4, 0.5) is 5.69 Å². The lowest BCUT2D eigenvalue weighted by Crippen LogP contribution is -2.43. The standard InChI is InChI=1S/C52H55Cl2N5O6/c1-9-64-52(61)43-26-37-22-30(2)23-42(48(37)57(43)19-21-62-8)58-27-33(5)59-49-40(39(50(59)51(58)60)16-13-20-65-38-24-31(3)47(54)32(4)25-38)17-18-41(53)46(49)45-34(6)55-44(56-35(45)7)29-63-28-36-14-11-10-12-15-36/h10-12,14-15,17-18,22-26,33H,9,13,16,19-21,27-29H2,1-8H3/t33-/m1/s1. The van der Waals surface area contributed by atoms with Gasteiger partial charge in [-0.15, -0.1) is 0 Å². The average molecular weight is 917 g/mol. The maximum absolute atomic E-state index is 15.6. The van der Waals surface area contributed by atoms with E-state index in [0.717, 1.165) is 82.9 Å². The molecule has 0 saturated carbocycles. The Morgan fingerprint density at radius 3 is 2.28 bits per heavy atom. The van der Waals surface area contributed by atoms with E-state index in [1.165, 1.54) is 0 Å². The highest BCUT2D eigenvalue weighted by molar-refractivity contribution is 6.35. The number of methoxy groups -OCH3 is 1. The van der Waals surface area contributed by atoms with Gasteiger partial charge in [-0.1, -0.05) is 59.6 Å². The van der Waals surface area contributed by atoms with Crippen LogP contribution in [0.5, 0.6) is 5.75 Å². The molecule has 1 amide bonds. The van der Waals surface area contributed by atoms with Crippen molar-refractivity contribution in [2.45, 2.75) is 87.1 Å². The van der Waals surface area contributed by atoms with Crippen LogP contribution in [0.25, 0.3) is 32.9 Å². The highest BCUT2D eigenvalue weighted by Crippen LogP contribution is 2.46. The molecule has 0 spiro atoms. The van der Waals surface area contributed by atoms with Gasteiger partial charge in [0.2, 0.25) is 0 Å². The first kappa shape index (κ1) is 45.8. The number of benzene rings is 4. The van der Waals surface area contributed by atoms with Crippen molar-refractivity contribution in [3.05, 3.63) is 139 Å². The second-order valence-corrected chi connectivity index (χ2v) is 17.7. The molecular formula is C52H55Cl2N5O6. The third kappa shape index (κ3) is 8.99. The minimum absolute atomic E-state index is 0.152. The molecule has 4 heterocycles. The second kappa shape index (κ2) is 19.4. The molecule has 7 aromatic rings. The zero-order chi connectivity index (χ0) is 46.1. The number of nitrogens with zero attached hydrogens (tertiary/aromatic N) is 5. The van der Waals surface area contributed by atoms with Gasteiger partial charge in [0.1, 0.15) is 23.7 Å². The van der Waals surface area contributed by atoms with Gasteiger partial charge in [0, 0.05) is 64.6 Å². The first-order chi connectivity index (χ1) is 31.3. The van der Waals surface area contributed by atoms with E-state index in [1.807, 2.05) is 117 Å². The van der Waals surface area contributed by atoms with Crippen LogP contribution in [-0.2, 0) is 40.4 Å². The molecule has 0 unspecified atom stereocenters. The zero-order valence-electron chi connectivity index (χ0n) is 38.3. The number of hydrogen-bond donors (Lipinski definition) is 0. The van der Waals surface area contributed by atoms with E-state index in [1.54, 1.807) is 14.0 Å². The number of halogens is 2. The number of rotatable bonds is 16. The number of anilines is 1. The van der Waals surface area contributed by atoms with Crippen molar-refractivity contribution in [1.82, 2.24) is 19.1 Å². The number of esters is 1. The summed E-state index contributed by atoms with van der Waals surface area (Å²) in [5.74, 6) is 0.750. The fourth-order valence-corrected chi connectivity index (χ4v) is 9.74. The van der Waals surface area contributed by atoms with Crippen LogP contribution in [-0.4, -0.2) is 64.5 Å². The van der Waals surface area contributed by atoms with Crippen LogP contribution < -0.4 is 9.64 Å². The lowest BCUT2D eigenvalue weighted by Gasteiger charge is -2.35. The molecule has 8 rings (SSSR count). The van der Waals surface area contributed by atoms with Crippen molar-refractivity contribution in [3.8, 4) is 16.9 Å². The summed E-state index contributed by atoms with van der Waals surface area (Å²) in [4.78, 5) is 40.8. The molecule has 1 aliphatic rings. The van der Waals surface area contributed by atoms with E-state index in [4.69, 9.17) is 52.1 Å². The van der Waals surface area contributed by atoms with Crippen LogP contribution in [0.1, 0.15) is 92.3 Å². The summed E-state index contributed by atoms with van der Waals surface area (Å²) < 4.78 is 27.5. The fraction of sp³-hybridized carbons (Fsp3) is 0.346. The zero-order valence-corrected chi connectivity index (χ0v) is 39.8. The van der Waals surface area contributed by atoms with Gasteiger partial charge in [0.05, 0.1) is 48.2 Å². The van der Waals surface area contributed by atoms with Gasteiger partial charge in [-0.25, -0.2) is 14.8 Å². The molecule has 0 N–H and O–H groups in total. The Labute approximate surface area is 390 Å². The molecule has 0 fully saturated rings. The number of carbonyl (C=O) groups excluding carboxylic acids is 2. The van der Waals surface area contributed by atoms with Gasteiger partial charge in [-0.05, 0) is 126 Å². The van der Waals surface area contributed by atoms with Crippen LogP contribution in [0, 0.1) is 34.6 Å². The van der Waals surface area contributed by atoms with E-state index in [-0.39, 0.29) is 25.2 Å². The Bertz CT molecular complexity index is 2900. The van der Waals surface area contributed by atoms with Gasteiger partial charge in [-0.3, -0.25) is 4.79 Å². The Balaban J connectivity index is 1.25. The lowest BCUT2D eigenvalue weighted by atomic mass is 9.97. The monoisotopic (exact) mass is 915 g/mol. The second-order valence-electron chi connectivity index (χ2n) is 16.9. The Hall–Kier alpha value is -5.72. The van der Waals surface area contributed by atoms with Crippen molar-refractivity contribution >= 4 is 62.6 Å². The summed E-state index contributed by atoms with van der Waals surface area (Å²) in [5, 5.41) is 3.03. The molecule has 338 valence electrons. The topological polar surface area (TPSA) is 110 Å². The first-order valence-corrected chi connectivity index (χ1v) is 22.9. The first-order valence-electron chi connectivity index (χ1n) is 22.1. The summed E-state index contributed by atoms with van der Waals surface area (Å²) in [7, 11) is 1.63.